The zero-order valence-electron chi connectivity index (χ0n) is 9.65. The van der Waals surface area contributed by atoms with Crippen LogP contribution < -0.4 is 5.32 Å². The summed E-state index contributed by atoms with van der Waals surface area (Å²) in [6.45, 7) is 2.11. The fourth-order valence-electron chi connectivity index (χ4n) is 1.14. The summed E-state index contributed by atoms with van der Waals surface area (Å²) in [6, 6.07) is 7.00. The lowest BCUT2D eigenvalue weighted by atomic mass is 10.2. The van der Waals surface area contributed by atoms with Gasteiger partial charge in [0.1, 0.15) is 0 Å². The van der Waals surface area contributed by atoms with Crippen molar-refractivity contribution in [2.45, 2.75) is 6.92 Å². The second-order valence-corrected chi connectivity index (χ2v) is 5.32. The number of carbonyl (C=O) groups excluding carboxylic acids is 1. The van der Waals surface area contributed by atoms with Crippen LogP contribution in [0.3, 0.4) is 0 Å². The fraction of sp³-hybridized carbons (Fsp3) is 0.417. The SMILES string of the molecule is CC(CO)CSCC(=O)Nc1ccc(Cl)cc1. The first-order valence-corrected chi connectivity index (χ1v) is 6.89. The van der Waals surface area contributed by atoms with E-state index in [2.05, 4.69) is 5.32 Å². The van der Waals surface area contributed by atoms with Crippen LogP contribution in [0.4, 0.5) is 5.69 Å². The lowest BCUT2D eigenvalue weighted by Crippen LogP contribution is -2.15. The molecule has 5 heteroatoms. The quantitative estimate of drug-likeness (QED) is 0.838. The van der Waals surface area contributed by atoms with Crippen LogP contribution in [0.1, 0.15) is 6.92 Å². The van der Waals surface area contributed by atoms with Gasteiger partial charge in [0.2, 0.25) is 5.91 Å². The molecule has 0 aliphatic heterocycles. The summed E-state index contributed by atoms with van der Waals surface area (Å²) in [5.41, 5.74) is 0.746. The van der Waals surface area contributed by atoms with E-state index in [0.717, 1.165) is 11.4 Å². The van der Waals surface area contributed by atoms with Crippen LogP contribution in [0.25, 0.3) is 0 Å². The normalized spacial score (nSPS) is 12.2. The van der Waals surface area contributed by atoms with E-state index in [9.17, 15) is 4.79 Å². The van der Waals surface area contributed by atoms with Crippen LogP contribution in [0.2, 0.25) is 5.02 Å². The highest BCUT2D eigenvalue weighted by molar-refractivity contribution is 7.99. The number of carbonyl (C=O) groups is 1. The maximum atomic E-state index is 11.5. The number of aliphatic hydroxyl groups is 1. The third-order valence-corrected chi connectivity index (χ3v) is 3.60. The molecule has 0 aromatic heterocycles. The summed E-state index contributed by atoms with van der Waals surface area (Å²) in [7, 11) is 0. The van der Waals surface area contributed by atoms with E-state index in [1.165, 1.54) is 11.8 Å². The second kappa shape index (κ2) is 7.58. The van der Waals surface area contributed by atoms with Crippen molar-refractivity contribution < 1.29 is 9.90 Å². The molecule has 94 valence electrons. The predicted molar refractivity (Wildman–Crippen MR) is 73.7 cm³/mol. The lowest BCUT2D eigenvalue weighted by molar-refractivity contribution is -0.113. The Bertz CT molecular complexity index is 356. The number of anilines is 1. The predicted octanol–water partition coefficient (Wildman–Crippen LogP) is 2.64. The highest BCUT2D eigenvalue weighted by atomic mass is 35.5. The van der Waals surface area contributed by atoms with Crippen molar-refractivity contribution in [3.05, 3.63) is 29.3 Å². The third-order valence-electron chi connectivity index (χ3n) is 2.08. The average molecular weight is 274 g/mol. The van der Waals surface area contributed by atoms with Gasteiger partial charge >= 0.3 is 0 Å². The number of thioether (sulfide) groups is 1. The minimum absolute atomic E-state index is 0.0394. The average Bonchev–Trinajstić information content (AvgIpc) is 2.32. The second-order valence-electron chi connectivity index (χ2n) is 3.86. The van der Waals surface area contributed by atoms with E-state index >= 15 is 0 Å². The van der Waals surface area contributed by atoms with Gasteiger partial charge in [0, 0.05) is 17.3 Å². The van der Waals surface area contributed by atoms with Crippen molar-refractivity contribution in [3.8, 4) is 0 Å². The first-order chi connectivity index (χ1) is 8.11. The van der Waals surface area contributed by atoms with E-state index < -0.39 is 0 Å². The highest BCUT2D eigenvalue weighted by Gasteiger charge is 2.05. The molecule has 0 spiro atoms. The number of hydrogen-bond donors (Lipinski definition) is 2. The van der Waals surface area contributed by atoms with Crippen molar-refractivity contribution in [2.24, 2.45) is 5.92 Å². The van der Waals surface area contributed by atoms with Gasteiger partial charge in [-0.1, -0.05) is 18.5 Å². The van der Waals surface area contributed by atoms with Crippen molar-refractivity contribution in [3.63, 3.8) is 0 Å². The molecule has 0 radical (unpaired) electrons. The standard InChI is InChI=1S/C12H16ClNO2S/c1-9(6-15)7-17-8-12(16)14-11-4-2-10(13)3-5-11/h2-5,9,15H,6-8H2,1H3,(H,14,16). The number of benzene rings is 1. The number of aliphatic hydroxyl groups excluding tert-OH is 1. The molecule has 3 nitrogen and oxygen atoms in total. The molecule has 0 aliphatic carbocycles. The van der Waals surface area contributed by atoms with E-state index in [1.807, 2.05) is 6.92 Å². The van der Waals surface area contributed by atoms with Crippen molar-refractivity contribution in [2.75, 3.05) is 23.4 Å². The van der Waals surface area contributed by atoms with Gasteiger partial charge in [0.15, 0.2) is 0 Å². The maximum absolute atomic E-state index is 11.5. The summed E-state index contributed by atoms with van der Waals surface area (Å²) < 4.78 is 0. The van der Waals surface area contributed by atoms with Gasteiger partial charge in [-0.2, -0.15) is 11.8 Å². The minimum atomic E-state index is -0.0394. The van der Waals surface area contributed by atoms with Gasteiger partial charge < -0.3 is 10.4 Å². The van der Waals surface area contributed by atoms with Crippen LogP contribution in [0, 0.1) is 5.92 Å². The third kappa shape index (κ3) is 5.96. The van der Waals surface area contributed by atoms with E-state index in [0.29, 0.717) is 10.8 Å². The topological polar surface area (TPSA) is 49.3 Å². The fourth-order valence-corrected chi connectivity index (χ4v) is 2.14. The van der Waals surface area contributed by atoms with E-state index in [1.54, 1.807) is 24.3 Å². The highest BCUT2D eigenvalue weighted by Crippen LogP contribution is 2.14. The van der Waals surface area contributed by atoms with E-state index in [4.69, 9.17) is 16.7 Å². The molecule has 0 heterocycles. The molecule has 0 saturated heterocycles. The Morgan fingerprint density at radius 1 is 1.47 bits per heavy atom. The number of nitrogens with one attached hydrogen (secondary N) is 1. The zero-order chi connectivity index (χ0) is 12.7. The zero-order valence-corrected chi connectivity index (χ0v) is 11.2. The molecule has 1 atom stereocenters. The largest absolute Gasteiger partial charge is 0.396 e. The van der Waals surface area contributed by atoms with E-state index in [-0.39, 0.29) is 18.4 Å². The molecule has 2 N–H and O–H groups in total. The van der Waals surface area contributed by atoms with Crippen LogP contribution in [0.15, 0.2) is 24.3 Å². The van der Waals surface area contributed by atoms with Gasteiger partial charge in [0.25, 0.3) is 0 Å². The maximum Gasteiger partial charge on any atom is 0.234 e. The molecule has 1 aromatic rings. The first kappa shape index (κ1) is 14.4. The molecular formula is C12H16ClNO2S. The monoisotopic (exact) mass is 273 g/mol. The Hall–Kier alpha value is -0.710. The molecule has 1 aromatic carbocycles. The Morgan fingerprint density at radius 2 is 2.12 bits per heavy atom. The van der Waals surface area contributed by atoms with Crippen LogP contribution in [0.5, 0.6) is 0 Å². The summed E-state index contributed by atoms with van der Waals surface area (Å²) in [6.07, 6.45) is 0. The van der Waals surface area contributed by atoms with Gasteiger partial charge in [0.05, 0.1) is 5.75 Å². The molecule has 0 fully saturated rings. The van der Waals surface area contributed by atoms with Crippen LogP contribution >= 0.6 is 23.4 Å². The number of halogens is 1. The summed E-state index contributed by atoms with van der Waals surface area (Å²) >= 11 is 7.26. The Labute approximate surface area is 111 Å². The van der Waals surface area contributed by atoms with Crippen molar-refractivity contribution >= 4 is 35.0 Å². The smallest absolute Gasteiger partial charge is 0.234 e. The number of amides is 1. The van der Waals surface area contributed by atoms with Gasteiger partial charge in [-0.25, -0.2) is 0 Å². The summed E-state index contributed by atoms with van der Waals surface area (Å²) in [5.74, 6) is 1.36. The van der Waals surface area contributed by atoms with Crippen LogP contribution in [-0.4, -0.2) is 29.1 Å². The molecule has 1 rings (SSSR count). The first-order valence-electron chi connectivity index (χ1n) is 5.36. The Kier molecular flexibility index (Phi) is 6.40. The van der Waals surface area contributed by atoms with Crippen molar-refractivity contribution in [1.82, 2.24) is 0 Å². The Morgan fingerprint density at radius 3 is 2.71 bits per heavy atom. The molecule has 0 saturated carbocycles. The van der Waals surface area contributed by atoms with Gasteiger partial charge in [-0.05, 0) is 35.9 Å². The molecular weight excluding hydrogens is 258 g/mol. The van der Waals surface area contributed by atoms with Crippen LogP contribution in [-0.2, 0) is 4.79 Å². The summed E-state index contributed by atoms with van der Waals surface area (Å²) in [4.78, 5) is 11.5. The molecule has 1 amide bonds. The molecule has 0 aliphatic rings. The van der Waals surface area contributed by atoms with Crippen molar-refractivity contribution in [1.29, 1.82) is 0 Å². The summed E-state index contributed by atoms with van der Waals surface area (Å²) in [5, 5.41) is 12.3. The molecule has 17 heavy (non-hydrogen) atoms. The minimum Gasteiger partial charge on any atom is -0.396 e. The van der Waals surface area contributed by atoms with Gasteiger partial charge in [-0.3, -0.25) is 4.79 Å². The molecule has 0 bridgehead atoms. The van der Waals surface area contributed by atoms with Gasteiger partial charge in [-0.15, -0.1) is 0 Å². The molecule has 1 unspecified atom stereocenters. The lowest BCUT2D eigenvalue weighted by Gasteiger charge is -2.07. The Balaban J connectivity index is 2.27. The number of rotatable bonds is 6. The number of hydrogen-bond acceptors (Lipinski definition) is 3.